The molecule has 2 N–H and O–H groups in total. The highest BCUT2D eigenvalue weighted by atomic mass is 32.1. The van der Waals surface area contributed by atoms with Crippen molar-refractivity contribution in [3.8, 4) is 0 Å². The van der Waals surface area contributed by atoms with Crippen LogP contribution in [0.25, 0.3) is 0 Å². The minimum Gasteiger partial charge on any atom is -0.354 e. The van der Waals surface area contributed by atoms with Gasteiger partial charge in [0.15, 0.2) is 0 Å². The van der Waals surface area contributed by atoms with Crippen LogP contribution in [0.5, 0.6) is 0 Å². The molecule has 2 fully saturated rings. The van der Waals surface area contributed by atoms with E-state index in [0.29, 0.717) is 12.5 Å². The van der Waals surface area contributed by atoms with E-state index in [9.17, 15) is 9.59 Å². The number of piperidine rings is 1. The van der Waals surface area contributed by atoms with Crippen LogP contribution in [-0.4, -0.2) is 48.9 Å². The number of hydrogen-bond donors (Lipinski definition) is 2. The third-order valence-electron chi connectivity index (χ3n) is 6.04. The number of rotatable bonds is 4. The van der Waals surface area contributed by atoms with Crippen LogP contribution in [0.2, 0.25) is 0 Å². The van der Waals surface area contributed by atoms with Gasteiger partial charge < -0.3 is 15.5 Å². The zero-order chi connectivity index (χ0) is 17.9. The number of fused-ring (bicyclic) bond motifs is 1. The molecule has 0 radical (unpaired) electrons. The lowest BCUT2D eigenvalue weighted by atomic mass is 9.94. The van der Waals surface area contributed by atoms with Crippen LogP contribution >= 0.6 is 11.3 Å². The molecule has 0 spiro atoms. The molecule has 2 unspecified atom stereocenters. The van der Waals surface area contributed by atoms with Crippen molar-refractivity contribution >= 4 is 23.2 Å². The van der Waals surface area contributed by atoms with Gasteiger partial charge in [-0.1, -0.05) is 0 Å². The first-order valence-corrected chi connectivity index (χ1v) is 11.0. The van der Waals surface area contributed by atoms with Gasteiger partial charge >= 0.3 is 0 Å². The van der Waals surface area contributed by atoms with E-state index in [1.54, 1.807) is 11.3 Å². The Kier molecular flexibility index (Phi) is 5.60. The van der Waals surface area contributed by atoms with Gasteiger partial charge in [-0.25, -0.2) is 0 Å². The molecule has 0 saturated carbocycles. The molecule has 1 aromatic rings. The van der Waals surface area contributed by atoms with Crippen molar-refractivity contribution < 1.29 is 9.59 Å². The lowest BCUT2D eigenvalue weighted by Crippen LogP contribution is -2.46. The highest BCUT2D eigenvalue weighted by molar-refractivity contribution is 7.10. The number of nitrogens with one attached hydrogen (secondary N) is 2. The van der Waals surface area contributed by atoms with Crippen molar-refractivity contribution in [1.29, 1.82) is 0 Å². The molecule has 2 saturated heterocycles. The molecule has 26 heavy (non-hydrogen) atoms. The number of nitrogens with zero attached hydrogens (tertiary/aromatic N) is 1. The number of likely N-dealkylation sites (tertiary alicyclic amines) is 1. The van der Waals surface area contributed by atoms with Crippen molar-refractivity contribution in [1.82, 2.24) is 15.5 Å². The highest BCUT2D eigenvalue weighted by Gasteiger charge is 2.29. The third kappa shape index (κ3) is 3.81. The standard InChI is InChI=1S/C20H29N3O2S/c24-19(17-7-3-9-21-17)22-11-14-5-4-10-23(12-14)20(25)16-13-26-18-8-2-1-6-15(16)18/h13-14,17,21H,1-12H2,(H,22,24). The average molecular weight is 376 g/mol. The summed E-state index contributed by atoms with van der Waals surface area (Å²) in [4.78, 5) is 28.7. The van der Waals surface area contributed by atoms with E-state index in [1.807, 2.05) is 4.90 Å². The van der Waals surface area contributed by atoms with Crippen molar-refractivity contribution in [2.24, 2.45) is 5.92 Å². The topological polar surface area (TPSA) is 61.4 Å². The Bertz CT molecular complexity index is 666. The van der Waals surface area contributed by atoms with E-state index in [0.717, 1.165) is 63.7 Å². The Hall–Kier alpha value is -1.40. The van der Waals surface area contributed by atoms with Gasteiger partial charge in [0, 0.05) is 29.9 Å². The molecule has 2 aliphatic heterocycles. The first-order chi connectivity index (χ1) is 12.7. The van der Waals surface area contributed by atoms with Gasteiger partial charge in [-0.15, -0.1) is 11.3 Å². The third-order valence-corrected chi connectivity index (χ3v) is 7.13. The maximum absolute atomic E-state index is 13.1. The molecule has 6 heteroatoms. The van der Waals surface area contributed by atoms with E-state index < -0.39 is 0 Å². The molecule has 1 aliphatic carbocycles. The summed E-state index contributed by atoms with van der Waals surface area (Å²) < 4.78 is 0. The smallest absolute Gasteiger partial charge is 0.254 e. The fourth-order valence-electron chi connectivity index (χ4n) is 4.54. The maximum atomic E-state index is 13.1. The summed E-state index contributed by atoms with van der Waals surface area (Å²) in [7, 11) is 0. The molecule has 3 aliphatic rings. The highest BCUT2D eigenvalue weighted by Crippen LogP contribution is 2.31. The molecule has 3 heterocycles. The number of hydrogen-bond acceptors (Lipinski definition) is 4. The Labute approximate surface area is 159 Å². The fourth-order valence-corrected chi connectivity index (χ4v) is 5.66. The van der Waals surface area contributed by atoms with E-state index >= 15 is 0 Å². The second kappa shape index (κ2) is 8.09. The summed E-state index contributed by atoms with van der Waals surface area (Å²) in [6.07, 6.45) is 8.78. The normalized spacial score (nSPS) is 25.8. The summed E-state index contributed by atoms with van der Waals surface area (Å²) in [6, 6.07) is -0.0198. The summed E-state index contributed by atoms with van der Waals surface area (Å²) in [5.41, 5.74) is 2.26. The first-order valence-electron chi connectivity index (χ1n) is 10.1. The van der Waals surface area contributed by atoms with E-state index in [4.69, 9.17) is 0 Å². The number of aryl methyl sites for hydroxylation is 1. The molecule has 2 atom stereocenters. The number of carbonyl (C=O) groups excluding carboxylic acids is 2. The van der Waals surface area contributed by atoms with Gasteiger partial charge in [0.1, 0.15) is 0 Å². The molecule has 1 aromatic heterocycles. The lowest BCUT2D eigenvalue weighted by Gasteiger charge is -2.33. The first kappa shape index (κ1) is 18.0. The molecular formula is C20H29N3O2S. The second-order valence-electron chi connectivity index (χ2n) is 7.91. The zero-order valence-corrected chi connectivity index (χ0v) is 16.2. The fraction of sp³-hybridized carbons (Fsp3) is 0.700. The zero-order valence-electron chi connectivity index (χ0n) is 15.4. The Morgan fingerprint density at radius 2 is 2.08 bits per heavy atom. The number of carbonyl (C=O) groups is 2. The van der Waals surface area contributed by atoms with Crippen LogP contribution in [0.1, 0.15) is 59.3 Å². The molecule has 0 bridgehead atoms. The number of amides is 2. The predicted octanol–water partition coefficient (Wildman–Crippen LogP) is 2.35. The summed E-state index contributed by atoms with van der Waals surface area (Å²) in [5.74, 6) is 0.697. The minimum absolute atomic E-state index is 0.0198. The van der Waals surface area contributed by atoms with Crippen LogP contribution in [-0.2, 0) is 17.6 Å². The molecule has 142 valence electrons. The second-order valence-corrected chi connectivity index (χ2v) is 8.88. The van der Waals surface area contributed by atoms with Gasteiger partial charge in [-0.2, -0.15) is 0 Å². The van der Waals surface area contributed by atoms with Crippen LogP contribution in [0.3, 0.4) is 0 Å². The van der Waals surface area contributed by atoms with Gasteiger partial charge in [0.25, 0.3) is 5.91 Å². The quantitative estimate of drug-likeness (QED) is 0.849. The van der Waals surface area contributed by atoms with E-state index in [1.165, 1.54) is 23.3 Å². The van der Waals surface area contributed by atoms with Crippen molar-refractivity contribution in [2.75, 3.05) is 26.2 Å². The average Bonchev–Trinajstić information content (AvgIpc) is 3.35. The molecule has 0 aromatic carbocycles. The van der Waals surface area contributed by atoms with Crippen LogP contribution in [0.15, 0.2) is 5.38 Å². The van der Waals surface area contributed by atoms with Crippen molar-refractivity contribution in [2.45, 2.75) is 57.4 Å². The minimum atomic E-state index is -0.0198. The maximum Gasteiger partial charge on any atom is 0.254 e. The number of thiophene rings is 1. The van der Waals surface area contributed by atoms with E-state index in [2.05, 4.69) is 16.0 Å². The molecule has 4 rings (SSSR count). The predicted molar refractivity (Wildman–Crippen MR) is 104 cm³/mol. The SMILES string of the molecule is O=C(NCC1CCCN(C(=O)c2csc3c2CCCC3)C1)C1CCCN1. The Balaban J connectivity index is 1.33. The van der Waals surface area contributed by atoms with Gasteiger partial charge in [0.05, 0.1) is 11.6 Å². The summed E-state index contributed by atoms with van der Waals surface area (Å²) in [6.45, 7) is 3.23. The van der Waals surface area contributed by atoms with Crippen molar-refractivity contribution in [3.63, 3.8) is 0 Å². The summed E-state index contributed by atoms with van der Waals surface area (Å²) in [5, 5.41) is 8.42. The Morgan fingerprint density at radius 3 is 2.92 bits per heavy atom. The lowest BCUT2D eigenvalue weighted by molar-refractivity contribution is -0.123. The van der Waals surface area contributed by atoms with Crippen LogP contribution in [0, 0.1) is 5.92 Å². The van der Waals surface area contributed by atoms with Crippen LogP contribution in [0.4, 0.5) is 0 Å². The van der Waals surface area contributed by atoms with Gasteiger partial charge in [-0.3, -0.25) is 9.59 Å². The van der Waals surface area contributed by atoms with Crippen LogP contribution < -0.4 is 10.6 Å². The summed E-state index contributed by atoms with van der Waals surface area (Å²) >= 11 is 1.76. The molecule has 5 nitrogen and oxygen atoms in total. The van der Waals surface area contributed by atoms with Crippen molar-refractivity contribution in [3.05, 3.63) is 21.4 Å². The largest absolute Gasteiger partial charge is 0.354 e. The van der Waals surface area contributed by atoms with Gasteiger partial charge in [-0.05, 0) is 69.4 Å². The van der Waals surface area contributed by atoms with Gasteiger partial charge in [0.2, 0.25) is 5.91 Å². The van der Waals surface area contributed by atoms with E-state index in [-0.39, 0.29) is 17.9 Å². The monoisotopic (exact) mass is 375 g/mol. The Morgan fingerprint density at radius 1 is 1.19 bits per heavy atom. The molecule has 2 amide bonds. The molecular weight excluding hydrogens is 346 g/mol.